The van der Waals surface area contributed by atoms with Gasteiger partial charge in [0.2, 0.25) is 5.91 Å². The van der Waals surface area contributed by atoms with Gasteiger partial charge in [-0.3, -0.25) is 14.6 Å². The van der Waals surface area contributed by atoms with Gasteiger partial charge in [-0.05, 0) is 78.0 Å². The van der Waals surface area contributed by atoms with Gasteiger partial charge < -0.3 is 21.1 Å². The van der Waals surface area contributed by atoms with E-state index in [4.69, 9.17) is 10.5 Å². The van der Waals surface area contributed by atoms with E-state index in [9.17, 15) is 14.9 Å². The molecule has 0 unspecified atom stereocenters. The zero-order valence-corrected chi connectivity index (χ0v) is 21.6. The summed E-state index contributed by atoms with van der Waals surface area (Å²) in [5.41, 5.74) is 8.03. The lowest BCUT2D eigenvalue weighted by molar-refractivity contribution is -0.115. The van der Waals surface area contributed by atoms with Crippen molar-refractivity contribution in [2.75, 3.05) is 11.9 Å². The molecule has 4 rings (SSSR count). The molecule has 0 bridgehead atoms. The number of anilines is 1. The summed E-state index contributed by atoms with van der Waals surface area (Å²) in [6.45, 7) is 0.798. The molecule has 1 aromatic heterocycles. The second-order valence-electron chi connectivity index (χ2n) is 9.16. The van der Waals surface area contributed by atoms with Gasteiger partial charge in [0.25, 0.3) is 5.91 Å². The lowest BCUT2D eigenvalue weighted by atomic mass is 10.0. The van der Waals surface area contributed by atoms with Crippen molar-refractivity contribution in [1.82, 2.24) is 10.3 Å². The first-order valence-corrected chi connectivity index (χ1v) is 12.9. The molecule has 0 saturated carbocycles. The number of aromatic nitrogens is 1. The summed E-state index contributed by atoms with van der Waals surface area (Å²) in [5, 5.41) is 17.2. The third-order valence-corrected chi connectivity index (χ3v) is 6.30. The number of nitrogens with two attached hydrogens (primary N) is 1. The Labute approximate surface area is 227 Å². The largest absolute Gasteiger partial charge is 0.487 e. The highest BCUT2D eigenvalue weighted by Gasteiger charge is 2.17. The maximum absolute atomic E-state index is 13.2. The fourth-order valence-electron chi connectivity index (χ4n) is 4.25. The lowest BCUT2D eigenvalue weighted by Gasteiger charge is -2.16. The molecule has 0 aliphatic carbocycles. The summed E-state index contributed by atoms with van der Waals surface area (Å²) in [4.78, 5) is 30.2. The zero-order valence-electron chi connectivity index (χ0n) is 21.6. The van der Waals surface area contributed by atoms with E-state index in [2.05, 4.69) is 21.7 Å². The van der Waals surface area contributed by atoms with Crippen molar-refractivity contribution in [2.45, 2.75) is 38.3 Å². The van der Waals surface area contributed by atoms with E-state index in [1.807, 2.05) is 54.6 Å². The maximum atomic E-state index is 13.2. The number of unbranched alkanes of at least 4 members (excludes halogenated alkanes) is 1. The molecular formula is C31H31N5O3. The van der Waals surface area contributed by atoms with Crippen LogP contribution in [0.1, 0.15) is 40.7 Å². The van der Waals surface area contributed by atoms with Crippen LogP contribution in [0.5, 0.6) is 5.75 Å². The van der Waals surface area contributed by atoms with Crippen LogP contribution in [0, 0.1) is 11.3 Å². The van der Waals surface area contributed by atoms with E-state index < -0.39 is 11.9 Å². The highest BCUT2D eigenvalue weighted by Crippen LogP contribution is 2.28. The first kappa shape index (κ1) is 27.3. The van der Waals surface area contributed by atoms with Gasteiger partial charge in [-0.15, -0.1) is 0 Å². The Bertz CT molecular complexity index is 1460. The minimum Gasteiger partial charge on any atom is -0.487 e. The Morgan fingerprint density at radius 3 is 2.59 bits per heavy atom. The van der Waals surface area contributed by atoms with E-state index in [0.717, 1.165) is 34.7 Å². The van der Waals surface area contributed by atoms with Gasteiger partial charge in [-0.2, -0.15) is 5.26 Å². The second kappa shape index (κ2) is 13.7. The minimum atomic E-state index is -0.629. The number of ether oxygens (including phenoxy) is 1. The predicted octanol–water partition coefficient (Wildman–Crippen LogP) is 4.75. The SMILES string of the molecule is N#C[C@H](CCCCN)NC(=O)c1ccc(OCc2ccncc2)c(NC(=O)Cc2cccc3ccccc23)c1. The molecule has 39 heavy (non-hydrogen) atoms. The van der Waals surface area contributed by atoms with Crippen molar-refractivity contribution in [3.63, 3.8) is 0 Å². The fraction of sp³-hybridized carbons (Fsp3) is 0.226. The smallest absolute Gasteiger partial charge is 0.252 e. The normalized spacial score (nSPS) is 11.4. The molecule has 0 aliphatic rings. The van der Waals surface area contributed by atoms with Crippen LogP contribution in [-0.2, 0) is 17.8 Å². The molecule has 4 N–H and O–H groups in total. The summed E-state index contributed by atoms with van der Waals surface area (Å²) >= 11 is 0. The Morgan fingerprint density at radius 1 is 1.00 bits per heavy atom. The Morgan fingerprint density at radius 2 is 1.79 bits per heavy atom. The van der Waals surface area contributed by atoms with E-state index >= 15 is 0 Å². The highest BCUT2D eigenvalue weighted by molar-refractivity contribution is 6.00. The van der Waals surface area contributed by atoms with Gasteiger partial charge >= 0.3 is 0 Å². The second-order valence-corrected chi connectivity index (χ2v) is 9.16. The summed E-state index contributed by atoms with van der Waals surface area (Å²) < 4.78 is 6.01. The standard InChI is InChI=1S/C31H31N5O3/c32-15-4-3-9-26(20-33)35-31(38)25-11-12-29(39-21-22-13-16-34-17-14-22)28(18-25)36-30(37)19-24-8-5-7-23-6-1-2-10-27(23)24/h1-2,5-8,10-14,16-18,26H,3-4,9,15,19,21,32H2,(H,35,38)(H,36,37)/t26-/m0/s1. The lowest BCUT2D eigenvalue weighted by Crippen LogP contribution is -2.33. The van der Waals surface area contributed by atoms with Crippen molar-refractivity contribution in [2.24, 2.45) is 5.73 Å². The fourth-order valence-corrected chi connectivity index (χ4v) is 4.25. The average Bonchev–Trinajstić information content (AvgIpc) is 2.96. The van der Waals surface area contributed by atoms with Crippen LogP contribution in [0.25, 0.3) is 10.8 Å². The molecule has 2 amide bonds. The highest BCUT2D eigenvalue weighted by atomic mass is 16.5. The number of nitriles is 1. The number of nitrogens with zero attached hydrogens (tertiary/aromatic N) is 2. The summed E-state index contributed by atoms with van der Waals surface area (Å²) in [7, 11) is 0. The van der Waals surface area contributed by atoms with Crippen molar-refractivity contribution in [3.8, 4) is 11.8 Å². The van der Waals surface area contributed by atoms with Gasteiger partial charge in [0.1, 0.15) is 18.4 Å². The molecule has 0 fully saturated rings. The number of carbonyl (C=O) groups excluding carboxylic acids is 2. The van der Waals surface area contributed by atoms with E-state index in [1.54, 1.807) is 30.6 Å². The number of amides is 2. The molecule has 8 heteroatoms. The van der Waals surface area contributed by atoms with Gasteiger partial charge in [0.05, 0.1) is 18.2 Å². The molecular weight excluding hydrogens is 490 g/mol. The molecule has 4 aromatic rings. The summed E-state index contributed by atoms with van der Waals surface area (Å²) in [6.07, 6.45) is 5.55. The van der Waals surface area contributed by atoms with E-state index in [0.29, 0.717) is 30.0 Å². The third-order valence-electron chi connectivity index (χ3n) is 6.30. The van der Waals surface area contributed by atoms with Crippen LogP contribution in [0.2, 0.25) is 0 Å². The Kier molecular flexibility index (Phi) is 9.59. The first-order chi connectivity index (χ1) is 19.1. The van der Waals surface area contributed by atoms with Crippen LogP contribution in [0.3, 0.4) is 0 Å². The molecule has 1 atom stereocenters. The molecule has 8 nitrogen and oxygen atoms in total. The quantitative estimate of drug-likeness (QED) is 0.231. The Hall–Kier alpha value is -4.74. The molecule has 198 valence electrons. The molecule has 0 saturated heterocycles. The van der Waals surface area contributed by atoms with Crippen LogP contribution in [-0.4, -0.2) is 29.4 Å². The summed E-state index contributed by atoms with van der Waals surface area (Å²) in [6, 6.07) is 23.8. The molecule has 0 aliphatic heterocycles. The van der Waals surface area contributed by atoms with Gasteiger partial charge in [0.15, 0.2) is 0 Å². The van der Waals surface area contributed by atoms with Crippen LogP contribution >= 0.6 is 0 Å². The number of hydrogen-bond donors (Lipinski definition) is 3. The molecule has 3 aromatic carbocycles. The zero-order chi connectivity index (χ0) is 27.5. The molecule has 0 radical (unpaired) electrons. The topological polar surface area (TPSA) is 130 Å². The maximum Gasteiger partial charge on any atom is 0.252 e. The number of benzene rings is 3. The van der Waals surface area contributed by atoms with Gasteiger partial charge in [0, 0.05) is 18.0 Å². The average molecular weight is 522 g/mol. The predicted molar refractivity (Wildman–Crippen MR) is 151 cm³/mol. The van der Waals surface area contributed by atoms with Crippen LogP contribution in [0.4, 0.5) is 5.69 Å². The number of carbonyl (C=O) groups is 2. The number of fused-ring (bicyclic) bond motifs is 1. The Balaban J connectivity index is 1.54. The van der Waals surface area contributed by atoms with Crippen LogP contribution < -0.4 is 21.1 Å². The third kappa shape index (κ3) is 7.63. The number of pyridine rings is 1. The van der Waals surface area contributed by atoms with Crippen molar-refractivity contribution in [1.29, 1.82) is 5.26 Å². The monoisotopic (exact) mass is 521 g/mol. The summed E-state index contributed by atoms with van der Waals surface area (Å²) in [5.74, 6) is -0.219. The number of rotatable bonds is 12. The van der Waals surface area contributed by atoms with E-state index in [-0.39, 0.29) is 18.9 Å². The van der Waals surface area contributed by atoms with Gasteiger partial charge in [-0.25, -0.2) is 0 Å². The number of nitrogens with one attached hydrogen (secondary N) is 2. The number of hydrogen-bond acceptors (Lipinski definition) is 6. The minimum absolute atomic E-state index is 0.152. The van der Waals surface area contributed by atoms with Gasteiger partial charge in [-0.1, -0.05) is 42.5 Å². The molecule has 1 heterocycles. The van der Waals surface area contributed by atoms with E-state index in [1.165, 1.54) is 0 Å². The van der Waals surface area contributed by atoms with Crippen molar-refractivity contribution in [3.05, 3.63) is 102 Å². The first-order valence-electron chi connectivity index (χ1n) is 12.9. The van der Waals surface area contributed by atoms with Crippen LogP contribution in [0.15, 0.2) is 85.2 Å². The van der Waals surface area contributed by atoms with Crippen molar-refractivity contribution < 1.29 is 14.3 Å². The van der Waals surface area contributed by atoms with Crippen molar-refractivity contribution >= 4 is 28.3 Å². The molecule has 0 spiro atoms.